The summed E-state index contributed by atoms with van der Waals surface area (Å²) in [7, 11) is 0. The molecule has 3 rings (SSSR count). The fourth-order valence-electron chi connectivity index (χ4n) is 2.12. The van der Waals surface area contributed by atoms with Gasteiger partial charge in [0.15, 0.2) is 0 Å². The summed E-state index contributed by atoms with van der Waals surface area (Å²) in [6.07, 6.45) is 0. The van der Waals surface area contributed by atoms with E-state index in [1.54, 1.807) is 0 Å². The largest absolute Gasteiger partial charge is 0.494 e. The van der Waals surface area contributed by atoms with Gasteiger partial charge in [-0.25, -0.2) is 0 Å². The van der Waals surface area contributed by atoms with E-state index >= 15 is 0 Å². The number of hydrogen-bond acceptors (Lipinski definition) is 4. The monoisotopic (exact) mass is 280 g/mol. The maximum atomic E-state index is 5.77. The van der Waals surface area contributed by atoms with Crippen LogP contribution in [-0.4, -0.2) is 16.8 Å². The minimum Gasteiger partial charge on any atom is -0.494 e. The zero-order valence-electron chi connectivity index (χ0n) is 12.0. The van der Waals surface area contributed by atoms with Crippen molar-refractivity contribution in [1.82, 2.24) is 10.2 Å². The van der Waals surface area contributed by atoms with Crippen molar-refractivity contribution >= 4 is 0 Å². The Morgan fingerprint density at radius 3 is 2.29 bits per heavy atom. The molecule has 0 unspecified atom stereocenters. The Bertz CT molecular complexity index is 750. The van der Waals surface area contributed by atoms with Gasteiger partial charge in [0.1, 0.15) is 5.75 Å². The molecule has 0 aliphatic rings. The van der Waals surface area contributed by atoms with Gasteiger partial charge in [-0.2, -0.15) is 0 Å². The van der Waals surface area contributed by atoms with Crippen LogP contribution in [0.1, 0.15) is 12.5 Å². The standard InChI is InChI=1S/C17H16N2O2/c1-3-20-15-9-5-8-14(11-15)17-19-18-16(21-17)13-7-4-6-12(2)10-13/h4-11H,3H2,1-2H3. The summed E-state index contributed by atoms with van der Waals surface area (Å²) in [6, 6.07) is 15.6. The van der Waals surface area contributed by atoms with Crippen LogP contribution in [0.25, 0.3) is 22.9 Å². The molecule has 0 N–H and O–H groups in total. The van der Waals surface area contributed by atoms with E-state index < -0.39 is 0 Å². The van der Waals surface area contributed by atoms with E-state index in [0.29, 0.717) is 18.4 Å². The van der Waals surface area contributed by atoms with E-state index in [1.165, 1.54) is 0 Å². The maximum Gasteiger partial charge on any atom is 0.248 e. The number of benzene rings is 2. The minimum atomic E-state index is 0.494. The summed E-state index contributed by atoms with van der Waals surface area (Å²) >= 11 is 0. The highest BCUT2D eigenvalue weighted by Crippen LogP contribution is 2.26. The van der Waals surface area contributed by atoms with Crippen LogP contribution < -0.4 is 4.74 Å². The van der Waals surface area contributed by atoms with Crippen LogP contribution in [0.4, 0.5) is 0 Å². The molecular formula is C17H16N2O2. The third kappa shape index (κ3) is 2.94. The van der Waals surface area contributed by atoms with E-state index in [4.69, 9.17) is 9.15 Å². The summed E-state index contributed by atoms with van der Waals surface area (Å²) in [6.45, 7) is 4.61. The molecule has 1 aromatic heterocycles. The van der Waals surface area contributed by atoms with Gasteiger partial charge in [0.05, 0.1) is 6.61 Å². The van der Waals surface area contributed by atoms with Crippen LogP contribution in [0, 0.1) is 6.92 Å². The van der Waals surface area contributed by atoms with Crippen LogP contribution in [0.2, 0.25) is 0 Å². The molecule has 0 saturated carbocycles. The quantitative estimate of drug-likeness (QED) is 0.721. The third-order valence-electron chi connectivity index (χ3n) is 3.08. The van der Waals surface area contributed by atoms with Gasteiger partial charge < -0.3 is 9.15 Å². The van der Waals surface area contributed by atoms with Crippen LogP contribution in [0.3, 0.4) is 0 Å². The predicted molar refractivity (Wildman–Crippen MR) is 81.1 cm³/mol. The van der Waals surface area contributed by atoms with Crippen molar-refractivity contribution in [3.63, 3.8) is 0 Å². The molecule has 4 nitrogen and oxygen atoms in total. The molecule has 106 valence electrons. The molecule has 0 aliphatic carbocycles. The first kappa shape index (κ1) is 13.4. The SMILES string of the molecule is CCOc1cccc(-c2nnc(-c3cccc(C)c3)o2)c1. The molecule has 0 saturated heterocycles. The van der Waals surface area contributed by atoms with E-state index in [2.05, 4.69) is 10.2 Å². The molecule has 1 heterocycles. The van der Waals surface area contributed by atoms with E-state index in [1.807, 2.05) is 62.4 Å². The summed E-state index contributed by atoms with van der Waals surface area (Å²) < 4.78 is 11.3. The normalized spacial score (nSPS) is 10.6. The molecule has 0 atom stereocenters. The molecule has 0 bridgehead atoms. The number of nitrogens with zero attached hydrogens (tertiary/aromatic N) is 2. The Hall–Kier alpha value is -2.62. The highest BCUT2D eigenvalue weighted by Gasteiger charge is 2.11. The lowest BCUT2D eigenvalue weighted by Crippen LogP contribution is -1.91. The average molecular weight is 280 g/mol. The van der Waals surface area contributed by atoms with E-state index in [0.717, 1.165) is 22.4 Å². The smallest absolute Gasteiger partial charge is 0.248 e. The lowest BCUT2D eigenvalue weighted by Gasteiger charge is -2.03. The predicted octanol–water partition coefficient (Wildman–Crippen LogP) is 4.11. The molecule has 4 heteroatoms. The molecule has 0 radical (unpaired) electrons. The number of aromatic nitrogens is 2. The second-order valence-electron chi connectivity index (χ2n) is 4.74. The molecule has 0 spiro atoms. The Labute approximate surface area is 123 Å². The molecule has 0 aliphatic heterocycles. The fourth-order valence-corrected chi connectivity index (χ4v) is 2.12. The lowest BCUT2D eigenvalue weighted by atomic mass is 10.1. The molecule has 0 amide bonds. The summed E-state index contributed by atoms with van der Waals surface area (Å²) in [5, 5.41) is 8.24. The summed E-state index contributed by atoms with van der Waals surface area (Å²) in [5.74, 6) is 1.81. The summed E-state index contributed by atoms with van der Waals surface area (Å²) in [4.78, 5) is 0. The van der Waals surface area contributed by atoms with Gasteiger partial charge in [-0.05, 0) is 44.2 Å². The first-order chi connectivity index (χ1) is 10.3. The van der Waals surface area contributed by atoms with Crippen LogP contribution in [0.15, 0.2) is 52.9 Å². The van der Waals surface area contributed by atoms with Crippen LogP contribution >= 0.6 is 0 Å². The molecular weight excluding hydrogens is 264 g/mol. The molecule has 21 heavy (non-hydrogen) atoms. The van der Waals surface area contributed by atoms with Crippen LogP contribution in [-0.2, 0) is 0 Å². The Morgan fingerprint density at radius 2 is 1.62 bits per heavy atom. The van der Waals surface area contributed by atoms with Crippen molar-refractivity contribution in [2.24, 2.45) is 0 Å². The second kappa shape index (κ2) is 5.79. The Balaban J connectivity index is 1.93. The van der Waals surface area contributed by atoms with Gasteiger partial charge in [-0.1, -0.05) is 23.8 Å². The Morgan fingerprint density at radius 1 is 0.952 bits per heavy atom. The zero-order valence-corrected chi connectivity index (χ0v) is 12.0. The number of hydrogen-bond donors (Lipinski definition) is 0. The third-order valence-corrected chi connectivity index (χ3v) is 3.08. The Kier molecular flexibility index (Phi) is 3.69. The summed E-state index contributed by atoms with van der Waals surface area (Å²) in [5.41, 5.74) is 2.94. The topological polar surface area (TPSA) is 48.2 Å². The van der Waals surface area contributed by atoms with Gasteiger partial charge >= 0.3 is 0 Å². The van der Waals surface area contributed by atoms with Crippen molar-refractivity contribution in [3.8, 4) is 28.7 Å². The number of aryl methyl sites for hydroxylation is 1. The van der Waals surface area contributed by atoms with E-state index in [-0.39, 0.29) is 0 Å². The van der Waals surface area contributed by atoms with Crippen molar-refractivity contribution in [2.75, 3.05) is 6.61 Å². The zero-order chi connectivity index (χ0) is 14.7. The maximum absolute atomic E-state index is 5.77. The fraction of sp³-hybridized carbons (Fsp3) is 0.176. The van der Waals surface area contributed by atoms with Gasteiger partial charge in [0.25, 0.3) is 0 Å². The lowest BCUT2D eigenvalue weighted by molar-refractivity contribution is 0.340. The molecule has 0 fully saturated rings. The highest BCUT2D eigenvalue weighted by molar-refractivity contribution is 5.59. The first-order valence-electron chi connectivity index (χ1n) is 6.90. The molecule has 2 aromatic carbocycles. The van der Waals surface area contributed by atoms with Crippen LogP contribution in [0.5, 0.6) is 5.75 Å². The van der Waals surface area contributed by atoms with Crippen molar-refractivity contribution < 1.29 is 9.15 Å². The van der Waals surface area contributed by atoms with Crippen molar-refractivity contribution in [2.45, 2.75) is 13.8 Å². The first-order valence-corrected chi connectivity index (χ1v) is 6.90. The molecule has 3 aromatic rings. The van der Waals surface area contributed by atoms with Gasteiger partial charge in [0, 0.05) is 11.1 Å². The van der Waals surface area contributed by atoms with Gasteiger partial charge in [-0.3, -0.25) is 0 Å². The number of rotatable bonds is 4. The van der Waals surface area contributed by atoms with E-state index in [9.17, 15) is 0 Å². The minimum absolute atomic E-state index is 0.494. The average Bonchev–Trinajstić information content (AvgIpc) is 2.98. The highest BCUT2D eigenvalue weighted by atomic mass is 16.5. The number of ether oxygens (including phenoxy) is 1. The van der Waals surface area contributed by atoms with Gasteiger partial charge in [0.2, 0.25) is 11.8 Å². The van der Waals surface area contributed by atoms with Gasteiger partial charge in [-0.15, -0.1) is 10.2 Å². The van der Waals surface area contributed by atoms with Crippen molar-refractivity contribution in [1.29, 1.82) is 0 Å². The second-order valence-corrected chi connectivity index (χ2v) is 4.74. The van der Waals surface area contributed by atoms with Crippen molar-refractivity contribution in [3.05, 3.63) is 54.1 Å².